The molecule has 1 aromatic heterocycles. The SMILES string of the molecule is NC1=C(c2ccccc2)C(=O)c2ncccc2C1=O. The third kappa shape index (κ3) is 1.65. The van der Waals surface area contributed by atoms with E-state index < -0.39 is 0 Å². The van der Waals surface area contributed by atoms with E-state index >= 15 is 0 Å². The normalized spacial score (nSPS) is 14.5. The van der Waals surface area contributed by atoms with Crippen LogP contribution in [0.25, 0.3) is 5.57 Å². The first kappa shape index (κ1) is 11.3. The van der Waals surface area contributed by atoms with Gasteiger partial charge in [0.2, 0.25) is 11.6 Å². The van der Waals surface area contributed by atoms with Gasteiger partial charge in [-0.1, -0.05) is 30.3 Å². The van der Waals surface area contributed by atoms with Crippen LogP contribution in [0.15, 0.2) is 54.4 Å². The van der Waals surface area contributed by atoms with Gasteiger partial charge in [0, 0.05) is 6.20 Å². The molecule has 0 bridgehead atoms. The first-order valence-electron chi connectivity index (χ1n) is 5.79. The highest BCUT2D eigenvalue weighted by atomic mass is 16.1. The van der Waals surface area contributed by atoms with Crippen LogP contribution in [-0.4, -0.2) is 16.6 Å². The number of benzene rings is 1. The van der Waals surface area contributed by atoms with Crippen LogP contribution in [0, 0.1) is 0 Å². The molecule has 0 saturated carbocycles. The molecule has 0 saturated heterocycles. The van der Waals surface area contributed by atoms with E-state index in [1.807, 2.05) is 6.07 Å². The Kier molecular flexibility index (Phi) is 2.49. The third-order valence-electron chi connectivity index (χ3n) is 3.07. The number of allylic oxidation sites excluding steroid dienone is 2. The summed E-state index contributed by atoms with van der Waals surface area (Å²) < 4.78 is 0. The Morgan fingerprint density at radius 2 is 1.63 bits per heavy atom. The van der Waals surface area contributed by atoms with E-state index in [9.17, 15) is 9.59 Å². The van der Waals surface area contributed by atoms with Crippen LogP contribution in [0.4, 0.5) is 0 Å². The van der Waals surface area contributed by atoms with Crippen LogP contribution in [0.1, 0.15) is 26.4 Å². The Morgan fingerprint density at radius 1 is 0.895 bits per heavy atom. The number of rotatable bonds is 1. The smallest absolute Gasteiger partial charge is 0.214 e. The zero-order valence-electron chi connectivity index (χ0n) is 9.96. The molecule has 92 valence electrons. The first-order chi connectivity index (χ1) is 9.20. The first-order valence-corrected chi connectivity index (χ1v) is 5.79. The number of Topliss-reactive ketones (excluding diaryl/α,β-unsaturated/α-hetero) is 2. The molecule has 0 spiro atoms. The minimum Gasteiger partial charge on any atom is -0.395 e. The summed E-state index contributed by atoms with van der Waals surface area (Å²) in [6, 6.07) is 12.1. The van der Waals surface area contributed by atoms with Crippen molar-refractivity contribution < 1.29 is 9.59 Å². The summed E-state index contributed by atoms with van der Waals surface area (Å²) in [4.78, 5) is 28.6. The highest BCUT2D eigenvalue weighted by molar-refractivity contribution is 6.39. The van der Waals surface area contributed by atoms with Gasteiger partial charge in [-0.3, -0.25) is 14.6 Å². The lowest BCUT2D eigenvalue weighted by Crippen LogP contribution is -2.26. The quantitative estimate of drug-likeness (QED) is 0.838. The molecule has 1 aliphatic rings. The number of fused-ring (bicyclic) bond motifs is 1. The second kappa shape index (κ2) is 4.17. The molecule has 0 atom stereocenters. The molecule has 0 unspecified atom stereocenters. The number of hydrogen-bond donors (Lipinski definition) is 1. The summed E-state index contributed by atoms with van der Waals surface area (Å²) in [5, 5.41) is 0. The predicted molar refractivity (Wildman–Crippen MR) is 70.4 cm³/mol. The van der Waals surface area contributed by atoms with Gasteiger partial charge in [-0.15, -0.1) is 0 Å². The number of carbonyl (C=O) groups is 2. The van der Waals surface area contributed by atoms with Crippen molar-refractivity contribution in [2.24, 2.45) is 5.73 Å². The summed E-state index contributed by atoms with van der Waals surface area (Å²) >= 11 is 0. The van der Waals surface area contributed by atoms with Crippen molar-refractivity contribution in [2.45, 2.75) is 0 Å². The summed E-state index contributed by atoms with van der Waals surface area (Å²) in [5.74, 6) is -0.652. The second-order valence-electron chi connectivity index (χ2n) is 4.21. The van der Waals surface area contributed by atoms with E-state index in [0.717, 1.165) is 0 Å². The Balaban J connectivity index is 2.25. The molecule has 0 amide bonds. The van der Waals surface area contributed by atoms with Gasteiger partial charge in [-0.2, -0.15) is 0 Å². The van der Waals surface area contributed by atoms with Gasteiger partial charge in [0.15, 0.2) is 0 Å². The molecule has 0 aliphatic heterocycles. The monoisotopic (exact) mass is 250 g/mol. The van der Waals surface area contributed by atoms with E-state index in [2.05, 4.69) is 4.98 Å². The van der Waals surface area contributed by atoms with Gasteiger partial charge in [-0.05, 0) is 17.7 Å². The number of nitrogens with two attached hydrogens (primary N) is 1. The number of nitrogens with zero attached hydrogens (tertiary/aromatic N) is 1. The predicted octanol–water partition coefficient (Wildman–Crippen LogP) is 1.83. The van der Waals surface area contributed by atoms with Crippen LogP contribution in [0.2, 0.25) is 0 Å². The molecule has 4 heteroatoms. The summed E-state index contributed by atoms with van der Waals surface area (Å²) in [6.45, 7) is 0. The molecule has 1 aliphatic carbocycles. The van der Waals surface area contributed by atoms with Crippen LogP contribution in [0.3, 0.4) is 0 Å². The van der Waals surface area contributed by atoms with Crippen molar-refractivity contribution in [3.8, 4) is 0 Å². The lowest BCUT2D eigenvalue weighted by atomic mass is 9.87. The fraction of sp³-hybridized carbons (Fsp3) is 0. The largest absolute Gasteiger partial charge is 0.395 e. The van der Waals surface area contributed by atoms with E-state index in [0.29, 0.717) is 5.56 Å². The van der Waals surface area contributed by atoms with Crippen LogP contribution in [-0.2, 0) is 0 Å². The Bertz CT molecular complexity index is 718. The highest BCUT2D eigenvalue weighted by Crippen LogP contribution is 2.28. The van der Waals surface area contributed by atoms with Gasteiger partial charge < -0.3 is 5.73 Å². The van der Waals surface area contributed by atoms with E-state index in [4.69, 9.17) is 5.73 Å². The average Bonchev–Trinajstić information content (AvgIpc) is 2.46. The second-order valence-corrected chi connectivity index (χ2v) is 4.21. The van der Waals surface area contributed by atoms with Crippen molar-refractivity contribution in [1.82, 2.24) is 4.98 Å². The maximum Gasteiger partial charge on any atom is 0.214 e. The molecule has 19 heavy (non-hydrogen) atoms. The van der Waals surface area contributed by atoms with Gasteiger partial charge in [-0.25, -0.2) is 0 Å². The van der Waals surface area contributed by atoms with Crippen molar-refractivity contribution >= 4 is 17.1 Å². The number of carbonyl (C=O) groups excluding carboxylic acids is 2. The fourth-order valence-corrected chi connectivity index (χ4v) is 2.16. The standard InChI is InChI=1S/C15H10N2O2/c16-12-11(9-5-2-1-3-6-9)15(19)13-10(14(12)18)7-4-8-17-13/h1-8H,16H2. The van der Waals surface area contributed by atoms with E-state index in [1.54, 1.807) is 36.4 Å². The van der Waals surface area contributed by atoms with Crippen molar-refractivity contribution in [2.75, 3.05) is 0 Å². The molecule has 1 aromatic carbocycles. The van der Waals surface area contributed by atoms with Crippen LogP contribution < -0.4 is 5.73 Å². The topological polar surface area (TPSA) is 73.1 Å². The number of aromatic nitrogens is 1. The lowest BCUT2D eigenvalue weighted by molar-refractivity contribution is 0.0987. The Morgan fingerprint density at radius 3 is 2.37 bits per heavy atom. The summed E-state index contributed by atoms with van der Waals surface area (Å²) in [6.07, 6.45) is 1.49. The van der Waals surface area contributed by atoms with Crippen LogP contribution >= 0.6 is 0 Å². The number of pyridine rings is 1. The Labute approximate surface area is 109 Å². The van der Waals surface area contributed by atoms with Crippen LogP contribution in [0.5, 0.6) is 0 Å². The molecule has 2 aromatic rings. The van der Waals surface area contributed by atoms with Gasteiger partial charge in [0.25, 0.3) is 0 Å². The fourth-order valence-electron chi connectivity index (χ4n) is 2.16. The van der Waals surface area contributed by atoms with E-state index in [-0.39, 0.29) is 34.1 Å². The summed E-state index contributed by atoms with van der Waals surface area (Å²) in [5.41, 5.74) is 7.13. The van der Waals surface area contributed by atoms with Crippen molar-refractivity contribution in [3.05, 3.63) is 71.2 Å². The molecule has 0 radical (unpaired) electrons. The van der Waals surface area contributed by atoms with Crippen molar-refractivity contribution in [1.29, 1.82) is 0 Å². The minimum atomic E-state index is -0.346. The summed E-state index contributed by atoms with van der Waals surface area (Å²) in [7, 11) is 0. The number of ketones is 2. The lowest BCUT2D eigenvalue weighted by Gasteiger charge is -2.17. The third-order valence-corrected chi connectivity index (χ3v) is 3.07. The molecule has 2 N–H and O–H groups in total. The van der Waals surface area contributed by atoms with Gasteiger partial charge in [0.05, 0.1) is 16.8 Å². The average molecular weight is 250 g/mol. The molecule has 0 fully saturated rings. The van der Waals surface area contributed by atoms with E-state index in [1.165, 1.54) is 6.20 Å². The highest BCUT2D eigenvalue weighted by Gasteiger charge is 2.32. The van der Waals surface area contributed by atoms with Crippen molar-refractivity contribution in [3.63, 3.8) is 0 Å². The maximum absolute atomic E-state index is 12.4. The Hall–Kier alpha value is -2.75. The minimum absolute atomic E-state index is 0.0169. The molecular weight excluding hydrogens is 240 g/mol. The molecular formula is C15H10N2O2. The zero-order chi connectivity index (χ0) is 13.4. The molecule has 1 heterocycles. The molecule has 4 nitrogen and oxygen atoms in total. The molecule has 3 rings (SSSR count). The number of hydrogen-bond acceptors (Lipinski definition) is 4. The zero-order valence-corrected chi connectivity index (χ0v) is 9.96. The van der Waals surface area contributed by atoms with Gasteiger partial charge in [0.1, 0.15) is 5.69 Å². The van der Waals surface area contributed by atoms with Gasteiger partial charge >= 0.3 is 0 Å². The maximum atomic E-state index is 12.4.